The SMILES string of the molecule is COc1ccc(CC(=S)CCc2ccc(-c3ncn(-c4ccc(OC(F)(F)C(F)(F)F)cc4)n3)cc2)cc1. The van der Waals surface area contributed by atoms with Gasteiger partial charge in [-0.05, 0) is 65.2 Å². The molecule has 4 aromatic rings. The van der Waals surface area contributed by atoms with Crippen LogP contribution in [0.3, 0.4) is 0 Å². The molecule has 0 N–H and O–H groups in total. The lowest BCUT2D eigenvalue weighted by Crippen LogP contribution is -2.41. The number of halogens is 5. The van der Waals surface area contributed by atoms with Gasteiger partial charge in [-0.1, -0.05) is 48.6 Å². The zero-order chi connectivity index (χ0) is 27.3. The van der Waals surface area contributed by atoms with Crippen LogP contribution in [0.25, 0.3) is 17.1 Å². The standard InChI is InChI=1S/C27H22F5N3O2S/c1-36-22-11-4-19(5-12-22)16-24(38)15-6-18-2-7-20(8-3-18)25-33-17-35(34-25)21-9-13-23(14-10-21)37-27(31,32)26(28,29)30/h2-5,7-14,17H,6,15-16H2,1H3. The van der Waals surface area contributed by atoms with Crippen molar-refractivity contribution in [3.8, 4) is 28.6 Å². The average molecular weight is 548 g/mol. The molecule has 0 saturated heterocycles. The first-order chi connectivity index (χ1) is 18.0. The monoisotopic (exact) mass is 547 g/mol. The van der Waals surface area contributed by atoms with Crippen LogP contribution < -0.4 is 9.47 Å². The van der Waals surface area contributed by atoms with Gasteiger partial charge in [-0.3, -0.25) is 0 Å². The molecule has 0 saturated carbocycles. The van der Waals surface area contributed by atoms with Gasteiger partial charge in [0, 0.05) is 12.0 Å². The Morgan fingerprint density at radius 1 is 0.842 bits per heavy atom. The van der Waals surface area contributed by atoms with Crippen molar-refractivity contribution in [1.82, 2.24) is 14.8 Å². The maximum atomic E-state index is 13.1. The molecular formula is C27H22F5N3O2S. The quantitative estimate of drug-likeness (QED) is 0.158. The number of ether oxygens (including phenoxy) is 2. The zero-order valence-electron chi connectivity index (χ0n) is 20.1. The Hall–Kier alpha value is -3.86. The fraction of sp³-hybridized carbons (Fsp3) is 0.222. The molecule has 198 valence electrons. The lowest BCUT2D eigenvalue weighted by molar-refractivity contribution is -0.360. The number of alkyl halides is 5. The van der Waals surface area contributed by atoms with E-state index in [1.165, 1.54) is 23.1 Å². The van der Waals surface area contributed by atoms with Crippen LogP contribution in [-0.4, -0.2) is 39.0 Å². The molecule has 0 bridgehead atoms. The van der Waals surface area contributed by atoms with Crippen molar-refractivity contribution in [3.05, 3.63) is 90.3 Å². The van der Waals surface area contributed by atoms with E-state index in [0.29, 0.717) is 11.5 Å². The number of benzene rings is 3. The minimum atomic E-state index is -5.81. The Labute approximate surface area is 220 Å². The molecule has 4 rings (SSSR count). The van der Waals surface area contributed by atoms with E-state index in [4.69, 9.17) is 17.0 Å². The summed E-state index contributed by atoms with van der Waals surface area (Å²) < 4.78 is 73.5. The molecule has 1 heterocycles. The van der Waals surface area contributed by atoms with Crippen LogP contribution >= 0.6 is 12.2 Å². The predicted molar refractivity (Wildman–Crippen MR) is 136 cm³/mol. The average Bonchev–Trinajstić information content (AvgIpc) is 3.38. The number of aromatic nitrogens is 3. The molecule has 3 aromatic carbocycles. The molecule has 0 radical (unpaired) electrons. The minimum Gasteiger partial charge on any atom is -0.497 e. The van der Waals surface area contributed by atoms with Crippen LogP contribution in [0.4, 0.5) is 22.0 Å². The minimum absolute atomic E-state index is 0.411. The number of aryl methyl sites for hydroxylation is 1. The first-order valence-electron chi connectivity index (χ1n) is 11.4. The fourth-order valence-electron chi connectivity index (χ4n) is 3.56. The topological polar surface area (TPSA) is 49.2 Å². The molecule has 0 aliphatic carbocycles. The first-order valence-corrected chi connectivity index (χ1v) is 11.8. The summed E-state index contributed by atoms with van der Waals surface area (Å²) in [6.07, 6.45) is -7.41. The van der Waals surface area contributed by atoms with Crippen LogP contribution in [0.1, 0.15) is 17.5 Å². The van der Waals surface area contributed by atoms with E-state index < -0.39 is 18.0 Å². The number of thiocarbonyl (C=S) groups is 1. The molecule has 0 unspecified atom stereocenters. The van der Waals surface area contributed by atoms with Crippen LogP contribution in [0.15, 0.2) is 79.1 Å². The summed E-state index contributed by atoms with van der Waals surface area (Å²) in [6.45, 7) is 0. The number of rotatable bonds is 10. The van der Waals surface area contributed by atoms with Gasteiger partial charge in [0.1, 0.15) is 17.8 Å². The molecular weight excluding hydrogens is 525 g/mol. The van der Waals surface area contributed by atoms with E-state index in [2.05, 4.69) is 14.8 Å². The Morgan fingerprint density at radius 2 is 1.45 bits per heavy atom. The van der Waals surface area contributed by atoms with Crippen molar-refractivity contribution in [2.24, 2.45) is 0 Å². The maximum Gasteiger partial charge on any atom is 0.499 e. The van der Waals surface area contributed by atoms with Gasteiger partial charge in [-0.2, -0.15) is 22.0 Å². The molecule has 0 amide bonds. The van der Waals surface area contributed by atoms with E-state index in [1.807, 2.05) is 48.5 Å². The van der Waals surface area contributed by atoms with Gasteiger partial charge in [0.05, 0.1) is 12.8 Å². The summed E-state index contributed by atoms with van der Waals surface area (Å²) in [4.78, 5) is 5.22. The van der Waals surface area contributed by atoms with Crippen molar-refractivity contribution in [1.29, 1.82) is 0 Å². The van der Waals surface area contributed by atoms with Gasteiger partial charge >= 0.3 is 12.3 Å². The Kier molecular flexibility index (Phi) is 8.05. The Morgan fingerprint density at radius 3 is 2.05 bits per heavy atom. The maximum absolute atomic E-state index is 13.1. The molecule has 0 atom stereocenters. The van der Waals surface area contributed by atoms with Crippen LogP contribution in [0.5, 0.6) is 11.5 Å². The lowest BCUT2D eigenvalue weighted by Gasteiger charge is -2.20. The molecule has 38 heavy (non-hydrogen) atoms. The van der Waals surface area contributed by atoms with Crippen molar-refractivity contribution in [2.45, 2.75) is 31.5 Å². The van der Waals surface area contributed by atoms with Gasteiger partial charge in [-0.15, -0.1) is 5.10 Å². The molecule has 0 spiro atoms. The van der Waals surface area contributed by atoms with Gasteiger partial charge in [0.2, 0.25) is 0 Å². The molecule has 11 heteroatoms. The number of hydrogen-bond acceptors (Lipinski definition) is 5. The fourth-order valence-corrected chi connectivity index (χ4v) is 3.82. The zero-order valence-corrected chi connectivity index (χ0v) is 20.9. The first kappa shape index (κ1) is 27.2. The summed E-state index contributed by atoms with van der Waals surface area (Å²) in [7, 11) is 1.63. The van der Waals surface area contributed by atoms with Crippen LogP contribution in [0, 0.1) is 0 Å². The van der Waals surface area contributed by atoms with Crippen molar-refractivity contribution in [3.63, 3.8) is 0 Å². The van der Waals surface area contributed by atoms with E-state index in [-0.39, 0.29) is 0 Å². The van der Waals surface area contributed by atoms with Crippen LogP contribution in [0.2, 0.25) is 0 Å². The second-order valence-electron chi connectivity index (χ2n) is 8.38. The number of methoxy groups -OCH3 is 1. The summed E-state index contributed by atoms with van der Waals surface area (Å²) in [6, 6.07) is 20.2. The normalized spacial score (nSPS) is 11.8. The second kappa shape index (κ2) is 11.3. The van der Waals surface area contributed by atoms with Gasteiger partial charge < -0.3 is 9.47 Å². The Bertz CT molecular complexity index is 1370. The molecule has 0 fully saturated rings. The third kappa shape index (κ3) is 6.71. The largest absolute Gasteiger partial charge is 0.499 e. The van der Waals surface area contributed by atoms with E-state index in [9.17, 15) is 22.0 Å². The lowest BCUT2D eigenvalue weighted by atomic mass is 10.0. The highest BCUT2D eigenvalue weighted by Gasteiger charge is 2.61. The van der Waals surface area contributed by atoms with Crippen molar-refractivity contribution >= 4 is 17.1 Å². The van der Waals surface area contributed by atoms with Gasteiger partial charge in [0.25, 0.3) is 0 Å². The number of nitrogens with zero attached hydrogens (tertiary/aromatic N) is 3. The van der Waals surface area contributed by atoms with Gasteiger partial charge in [0.15, 0.2) is 5.82 Å². The molecule has 0 aliphatic heterocycles. The molecule has 5 nitrogen and oxygen atoms in total. The third-order valence-corrected chi connectivity index (χ3v) is 5.98. The highest BCUT2D eigenvalue weighted by molar-refractivity contribution is 7.80. The highest BCUT2D eigenvalue weighted by Crippen LogP contribution is 2.37. The van der Waals surface area contributed by atoms with Gasteiger partial charge in [-0.25, -0.2) is 9.67 Å². The number of hydrogen-bond donors (Lipinski definition) is 0. The second-order valence-corrected chi connectivity index (χ2v) is 8.96. The highest BCUT2D eigenvalue weighted by atomic mass is 32.1. The van der Waals surface area contributed by atoms with E-state index >= 15 is 0 Å². The van der Waals surface area contributed by atoms with Crippen molar-refractivity contribution < 1.29 is 31.4 Å². The smallest absolute Gasteiger partial charge is 0.497 e. The third-order valence-electron chi connectivity index (χ3n) is 5.63. The summed E-state index contributed by atoms with van der Waals surface area (Å²) >= 11 is 5.55. The van der Waals surface area contributed by atoms with Crippen molar-refractivity contribution in [2.75, 3.05) is 7.11 Å². The van der Waals surface area contributed by atoms with Crippen LogP contribution in [-0.2, 0) is 12.8 Å². The summed E-state index contributed by atoms with van der Waals surface area (Å²) in [5, 5.41) is 4.36. The van der Waals surface area contributed by atoms with E-state index in [1.54, 1.807) is 7.11 Å². The molecule has 0 aliphatic rings. The summed E-state index contributed by atoms with van der Waals surface area (Å²) in [5.41, 5.74) is 3.41. The summed E-state index contributed by atoms with van der Waals surface area (Å²) in [5.74, 6) is 0.602. The predicted octanol–water partition coefficient (Wildman–Crippen LogP) is 7.02. The molecule has 1 aromatic heterocycles. The van der Waals surface area contributed by atoms with E-state index in [0.717, 1.165) is 58.7 Å². The Balaban J connectivity index is 1.33.